The molecule has 4 fully saturated rings. The molecule has 0 aromatic rings. The second kappa shape index (κ2) is 4.32. The second-order valence-electron chi connectivity index (χ2n) is 8.82. The predicted octanol–water partition coefficient (Wildman–Crippen LogP) is 2.69. The third kappa shape index (κ3) is 1.77. The first-order valence-electron chi connectivity index (χ1n) is 8.77. The molecule has 3 heteroatoms. The number of aliphatic hydroxyl groups excluding tert-OH is 1. The van der Waals surface area contributed by atoms with E-state index < -0.39 is 5.60 Å². The Morgan fingerprint density at radius 3 is 2.76 bits per heavy atom. The zero-order valence-electron chi connectivity index (χ0n) is 13.1. The van der Waals surface area contributed by atoms with Gasteiger partial charge in [0.25, 0.3) is 0 Å². The highest BCUT2D eigenvalue weighted by Gasteiger charge is 2.65. The number of hydrogen-bond acceptors (Lipinski definition) is 3. The van der Waals surface area contributed by atoms with Crippen LogP contribution in [0.4, 0.5) is 0 Å². The maximum atomic E-state index is 11.9. The Hall–Kier alpha value is -0.410. The maximum absolute atomic E-state index is 11.9. The van der Waals surface area contributed by atoms with E-state index in [4.69, 9.17) is 0 Å². The number of fused-ring (bicyclic) bond motifs is 3. The van der Waals surface area contributed by atoms with Crippen LogP contribution in [0.3, 0.4) is 0 Å². The molecule has 4 rings (SSSR count). The molecule has 118 valence electrons. The standard InChI is InChI=1S/C18H28O3/c1-16-6-5-14(20)8-12(16)4-7-17-9-13(2-3-15(16)17)18(21,10-17)11-19/h12-13,15,19,21H,2-11H2,1H3/t12-,13+,15+,16-,17-,18-/m1/s1. The van der Waals surface area contributed by atoms with Crippen molar-refractivity contribution in [2.24, 2.45) is 28.6 Å². The molecule has 3 nitrogen and oxygen atoms in total. The topological polar surface area (TPSA) is 57.5 Å². The van der Waals surface area contributed by atoms with Crippen molar-refractivity contribution in [1.82, 2.24) is 0 Å². The monoisotopic (exact) mass is 292 g/mol. The Kier molecular flexibility index (Phi) is 2.92. The number of Topliss-reactive ketones (excluding diaryl/α,β-unsaturated/α-hetero) is 1. The molecule has 4 saturated carbocycles. The Balaban J connectivity index is 1.69. The fourth-order valence-corrected chi connectivity index (χ4v) is 6.97. The van der Waals surface area contributed by atoms with Crippen LogP contribution >= 0.6 is 0 Å². The molecule has 1 spiro atoms. The smallest absolute Gasteiger partial charge is 0.133 e. The minimum atomic E-state index is -0.831. The number of carbonyl (C=O) groups excluding carboxylic acids is 1. The molecule has 0 aliphatic heterocycles. The second-order valence-corrected chi connectivity index (χ2v) is 8.82. The number of hydrogen-bond donors (Lipinski definition) is 2. The van der Waals surface area contributed by atoms with Crippen molar-refractivity contribution < 1.29 is 15.0 Å². The molecule has 21 heavy (non-hydrogen) atoms. The predicted molar refractivity (Wildman–Crippen MR) is 79.6 cm³/mol. The summed E-state index contributed by atoms with van der Waals surface area (Å²) in [6, 6.07) is 0. The third-order valence-electron chi connectivity index (χ3n) is 8.02. The molecule has 0 heterocycles. The number of carbonyl (C=O) groups is 1. The average molecular weight is 292 g/mol. The zero-order chi connectivity index (χ0) is 14.9. The molecule has 0 aromatic carbocycles. The summed E-state index contributed by atoms with van der Waals surface area (Å²) in [6.07, 6.45) is 9.03. The van der Waals surface area contributed by atoms with Crippen molar-refractivity contribution in [2.45, 2.75) is 70.3 Å². The van der Waals surface area contributed by atoms with Crippen LogP contribution in [-0.4, -0.2) is 28.2 Å². The minimum Gasteiger partial charge on any atom is -0.393 e. The summed E-state index contributed by atoms with van der Waals surface area (Å²) in [5, 5.41) is 20.5. The fourth-order valence-electron chi connectivity index (χ4n) is 6.97. The van der Waals surface area contributed by atoms with Gasteiger partial charge in [0.15, 0.2) is 0 Å². The lowest BCUT2D eigenvalue weighted by molar-refractivity contribution is -0.139. The zero-order valence-corrected chi connectivity index (χ0v) is 13.1. The lowest BCUT2D eigenvalue weighted by Gasteiger charge is -2.59. The van der Waals surface area contributed by atoms with Gasteiger partial charge in [-0.05, 0) is 73.5 Å². The highest BCUT2D eigenvalue weighted by molar-refractivity contribution is 5.79. The summed E-state index contributed by atoms with van der Waals surface area (Å²) in [6.45, 7) is 2.34. The largest absolute Gasteiger partial charge is 0.393 e. The third-order valence-corrected chi connectivity index (χ3v) is 8.02. The Bertz CT molecular complexity index is 475. The summed E-state index contributed by atoms with van der Waals surface area (Å²) >= 11 is 0. The van der Waals surface area contributed by atoms with Crippen LogP contribution < -0.4 is 0 Å². The van der Waals surface area contributed by atoms with Gasteiger partial charge in [-0.1, -0.05) is 6.92 Å². The summed E-state index contributed by atoms with van der Waals surface area (Å²) in [7, 11) is 0. The van der Waals surface area contributed by atoms with E-state index in [1.165, 1.54) is 6.42 Å². The highest BCUT2D eigenvalue weighted by atomic mass is 16.3. The molecule has 0 unspecified atom stereocenters. The summed E-state index contributed by atoms with van der Waals surface area (Å²) in [5.41, 5.74) is -0.299. The Morgan fingerprint density at radius 1 is 1.19 bits per heavy atom. The molecule has 2 N–H and O–H groups in total. The highest BCUT2D eigenvalue weighted by Crippen LogP contribution is 2.70. The molecule has 6 atom stereocenters. The van der Waals surface area contributed by atoms with Gasteiger partial charge in [-0.15, -0.1) is 0 Å². The molecule has 4 aliphatic rings. The van der Waals surface area contributed by atoms with Gasteiger partial charge < -0.3 is 10.2 Å². The van der Waals surface area contributed by atoms with E-state index in [1.54, 1.807) is 0 Å². The van der Waals surface area contributed by atoms with E-state index in [0.29, 0.717) is 23.5 Å². The molecule has 0 aromatic heterocycles. The number of rotatable bonds is 1. The fraction of sp³-hybridized carbons (Fsp3) is 0.944. The van der Waals surface area contributed by atoms with Gasteiger partial charge in [0.2, 0.25) is 0 Å². The molecular formula is C18H28O3. The lowest BCUT2D eigenvalue weighted by atomic mass is 9.45. The van der Waals surface area contributed by atoms with Gasteiger partial charge in [-0.25, -0.2) is 0 Å². The van der Waals surface area contributed by atoms with Crippen molar-refractivity contribution in [3.8, 4) is 0 Å². The van der Waals surface area contributed by atoms with Crippen LogP contribution in [0.5, 0.6) is 0 Å². The SMILES string of the molecule is C[C@@]12CCC(=O)C[C@H]1CC[C@]13C[C@H](CC[C@H]12)[C@](O)(CO)C3. The van der Waals surface area contributed by atoms with Crippen molar-refractivity contribution in [1.29, 1.82) is 0 Å². The van der Waals surface area contributed by atoms with Gasteiger partial charge in [-0.3, -0.25) is 4.79 Å². The first-order valence-corrected chi connectivity index (χ1v) is 8.77. The van der Waals surface area contributed by atoms with E-state index in [2.05, 4.69) is 6.92 Å². The van der Waals surface area contributed by atoms with E-state index in [-0.39, 0.29) is 17.4 Å². The van der Waals surface area contributed by atoms with E-state index in [1.807, 2.05) is 0 Å². The van der Waals surface area contributed by atoms with Crippen LogP contribution in [0.2, 0.25) is 0 Å². The summed E-state index contributed by atoms with van der Waals surface area (Å²) in [4.78, 5) is 11.9. The van der Waals surface area contributed by atoms with Crippen molar-refractivity contribution in [2.75, 3.05) is 6.61 Å². The van der Waals surface area contributed by atoms with Crippen LogP contribution in [0.25, 0.3) is 0 Å². The van der Waals surface area contributed by atoms with Gasteiger partial charge >= 0.3 is 0 Å². The molecule has 2 bridgehead atoms. The normalized spacial score (nSPS) is 56.0. The maximum Gasteiger partial charge on any atom is 0.133 e. The van der Waals surface area contributed by atoms with Crippen molar-refractivity contribution >= 4 is 5.78 Å². The molecular weight excluding hydrogens is 264 g/mol. The van der Waals surface area contributed by atoms with Crippen LogP contribution in [-0.2, 0) is 4.79 Å². The van der Waals surface area contributed by atoms with Crippen molar-refractivity contribution in [3.05, 3.63) is 0 Å². The average Bonchev–Trinajstić information content (AvgIpc) is 2.68. The molecule has 0 radical (unpaired) electrons. The Labute approximate surface area is 127 Å². The van der Waals surface area contributed by atoms with Gasteiger partial charge in [0.05, 0.1) is 12.2 Å². The first-order chi connectivity index (χ1) is 9.92. The van der Waals surface area contributed by atoms with Crippen LogP contribution in [0.15, 0.2) is 0 Å². The number of ketones is 1. The minimum absolute atomic E-state index is 0.0786. The van der Waals surface area contributed by atoms with E-state index >= 15 is 0 Å². The lowest BCUT2D eigenvalue weighted by Crippen LogP contribution is -2.52. The van der Waals surface area contributed by atoms with Gasteiger partial charge in [0.1, 0.15) is 5.78 Å². The summed E-state index contributed by atoms with van der Waals surface area (Å²) in [5.74, 6) is 1.96. The van der Waals surface area contributed by atoms with Crippen LogP contribution in [0.1, 0.15) is 64.7 Å². The van der Waals surface area contributed by atoms with E-state index in [0.717, 1.165) is 51.4 Å². The van der Waals surface area contributed by atoms with Crippen LogP contribution in [0, 0.1) is 28.6 Å². The summed E-state index contributed by atoms with van der Waals surface area (Å²) < 4.78 is 0. The van der Waals surface area contributed by atoms with Gasteiger partial charge in [-0.2, -0.15) is 0 Å². The quantitative estimate of drug-likeness (QED) is 0.781. The molecule has 0 amide bonds. The Morgan fingerprint density at radius 2 is 2.00 bits per heavy atom. The molecule has 0 saturated heterocycles. The van der Waals surface area contributed by atoms with Crippen molar-refractivity contribution in [3.63, 3.8) is 0 Å². The number of aliphatic hydroxyl groups is 2. The van der Waals surface area contributed by atoms with Gasteiger partial charge in [0, 0.05) is 12.8 Å². The van der Waals surface area contributed by atoms with E-state index in [9.17, 15) is 15.0 Å². The first kappa shape index (κ1) is 14.2. The molecule has 4 aliphatic carbocycles.